The molecular formula is C6H7ClN3S-. The normalized spacial score (nSPS) is 9.91. The van der Waals surface area contributed by atoms with E-state index in [-0.39, 0.29) is 12.4 Å². The molecule has 0 amide bonds. The molecule has 2 aromatic rings. The van der Waals surface area contributed by atoms with E-state index in [1.807, 2.05) is 22.2 Å². The maximum Gasteiger partial charge on any atom is 0.193 e. The molecule has 5 heteroatoms. The highest BCUT2D eigenvalue weighted by Crippen LogP contribution is 2.10. The fraction of sp³-hybridized carbons (Fsp3) is 0.167. The minimum Gasteiger partial charge on any atom is -1.00 e. The lowest BCUT2D eigenvalue weighted by Gasteiger charge is -1.79. The Labute approximate surface area is 74.3 Å². The van der Waals surface area contributed by atoms with Gasteiger partial charge in [0.05, 0.1) is 5.69 Å². The molecule has 0 saturated heterocycles. The summed E-state index contributed by atoms with van der Waals surface area (Å²) in [7, 11) is 0. The molecule has 11 heavy (non-hydrogen) atoms. The highest BCUT2D eigenvalue weighted by atomic mass is 35.5. The molecule has 2 heterocycles. The molecule has 0 aliphatic heterocycles. The van der Waals surface area contributed by atoms with Crippen LogP contribution in [0.25, 0.3) is 4.96 Å². The number of aromatic nitrogens is 2. The van der Waals surface area contributed by atoms with Crippen LogP contribution in [0.2, 0.25) is 0 Å². The van der Waals surface area contributed by atoms with Crippen molar-refractivity contribution in [1.82, 2.24) is 9.38 Å². The Morgan fingerprint density at radius 1 is 1.64 bits per heavy atom. The molecule has 2 rings (SSSR count). The van der Waals surface area contributed by atoms with Gasteiger partial charge in [-0.05, 0) is 0 Å². The van der Waals surface area contributed by atoms with E-state index < -0.39 is 0 Å². The summed E-state index contributed by atoms with van der Waals surface area (Å²) < 4.78 is 1.98. The molecule has 0 saturated carbocycles. The number of hydrogen-bond acceptors (Lipinski definition) is 3. The van der Waals surface area contributed by atoms with Gasteiger partial charge in [0.2, 0.25) is 0 Å². The number of imidazole rings is 1. The van der Waals surface area contributed by atoms with E-state index in [2.05, 4.69) is 4.98 Å². The van der Waals surface area contributed by atoms with Gasteiger partial charge in [-0.25, -0.2) is 4.98 Å². The molecule has 0 fully saturated rings. The van der Waals surface area contributed by atoms with Crippen LogP contribution in [0.1, 0.15) is 5.69 Å². The third-order valence-electron chi connectivity index (χ3n) is 1.35. The zero-order valence-corrected chi connectivity index (χ0v) is 7.27. The first kappa shape index (κ1) is 8.52. The minimum atomic E-state index is 0. The summed E-state index contributed by atoms with van der Waals surface area (Å²) in [6.45, 7) is 0.522. The number of nitrogens with zero attached hydrogens (tertiary/aromatic N) is 2. The van der Waals surface area contributed by atoms with Crippen LogP contribution in [0, 0.1) is 0 Å². The van der Waals surface area contributed by atoms with Crippen molar-refractivity contribution >= 4 is 16.3 Å². The molecule has 0 aliphatic carbocycles. The molecule has 0 bridgehead atoms. The van der Waals surface area contributed by atoms with Crippen LogP contribution < -0.4 is 18.1 Å². The van der Waals surface area contributed by atoms with Crippen molar-refractivity contribution in [3.8, 4) is 0 Å². The minimum absolute atomic E-state index is 0. The quantitative estimate of drug-likeness (QED) is 0.555. The van der Waals surface area contributed by atoms with Crippen LogP contribution in [0.5, 0.6) is 0 Å². The molecule has 3 nitrogen and oxygen atoms in total. The molecular weight excluding hydrogens is 182 g/mol. The fourth-order valence-electron chi connectivity index (χ4n) is 0.874. The Hall–Kier alpha value is -0.580. The molecule has 0 unspecified atom stereocenters. The number of hydrogen-bond donors (Lipinski definition) is 1. The number of rotatable bonds is 1. The summed E-state index contributed by atoms with van der Waals surface area (Å²) in [4.78, 5) is 5.26. The predicted octanol–water partition coefficient (Wildman–Crippen LogP) is -2.14. The van der Waals surface area contributed by atoms with Crippen molar-refractivity contribution in [3.05, 3.63) is 23.5 Å². The Bertz CT molecular complexity index is 312. The van der Waals surface area contributed by atoms with E-state index in [1.165, 1.54) is 0 Å². The third-order valence-corrected chi connectivity index (χ3v) is 2.12. The summed E-state index contributed by atoms with van der Waals surface area (Å²) in [5, 5.41) is 2.00. The van der Waals surface area contributed by atoms with Crippen LogP contribution >= 0.6 is 11.3 Å². The lowest BCUT2D eigenvalue weighted by Crippen LogP contribution is -3.00. The van der Waals surface area contributed by atoms with Crippen LogP contribution in [0.3, 0.4) is 0 Å². The number of nitrogens with two attached hydrogens (primary N) is 1. The zero-order valence-electron chi connectivity index (χ0n) is 5.70. The Balaban J connectivity index is 0.000000605. The fourth-order valence-corrected chi connectivity index (χ4v) is 1.59. The van der Waals surface area contributed by atoms with Crippen LogP contribution in [0.15, 0.2) is 17.8 Å². The molecule has 60 valence electrons. The number of halogens is 1. The SMILES string of the molecule is NCc1cn2ccsc2n1.[Cl-]. The van der Waals surface area contributed by atoms with Crippen molar-refractivity contribution < 1.29 is 12.4 Å². The first-order valence-electron chi connectivity index (χ1n) is 3.01. The van der Waals surface area contributed by atoms with Crippen molar-refractivity contribution in [3.63, 3.8) is 0 Å². The second-order valence-corrected chi connectivity index (χ2v) is 2.90. The average molecular weight is 189 g/mol. The van der Waals surface area contributed by atoms with Crippen molar-refractivity contribution in [2.45, 2.75) is 6.54 Å². The van der Waals surface area contributed by atoms with E-state index in [1.54, 1.807) is 11.3 Å². The Morgan fingerprint density at radius 3 is 3.09 bits per heavy atom. The summed E-state index contributed by atoms with van der Waals surface area (Å²) >= 11 is 1.62. The summed E-state index contributed by atoms with van der Waals surface area (Å²) in [6, 6.07) is 0. The standard InChI is InChI=1S/C6H7N3S.ClH/c7-3-5-4-9-1-2-10-6(9)8-5;/h1-2,4H,3,7H2;1H/p-1. The molecule has 2 aromatic heterocycles. The van der Waals surface area contributed by atoms with Crippen molar-refractivity contribution in [2.24, 2.45) is 5.73 Å². The molecule has 0 aliphatic rings. The second-order valence-electron chi connectivity index (χ2n) is 2.03. The molecule has 0 atom stereocenters. The molecule has 0 aromatic carbocycles. The van der Waals surface area contributed by atoms with Gasteiger partial charge in [-0.15, -0.1) is 11.3 Å². The van der Waals surface area contributed by atoms with Gasteiger partial charge in [-0.3, -0.25) is 4.40 Å². The Morgan fingerprint density at radius 2 is 2.45 bits per heavy atom. The van der Waals surface area contributed by atoms with Crippen LogP contribution in [-0.2, 0) is 6.54 Å². The second kappa shape index (κ2) is 3.21. The maximum absolute atomic E-state index is 5.40. The van der Waals surface area contributed by atoms with Gasteiger partial charge in [0, 0.05) is 24.3 Å². The van der Waals surface area contributed by atoms with E-state index in [9.17, 15) is 0 Å². The van der Waals surface area contributed by atoms with E-state index >= 15 is 0 Å². The average Bonchev–Trinajstić information content (AvgIpc) is 2.42. The third kappa shape index (κ3) is 1.38. The maximum atomic E-state index is 5.40. The van der Waals surface area contributed by atoms with Gasteiger partial charge in [0.15, 0.2) is 4.96 Å². The first-order valence-corrected chi connectivity index (χ1v) is 3.89. The van der Waals surface area contributed by atoms with Crippen molar-refractivity contribution in [1.29, 1.82) is 0 Å². The summed E-state index contributed by atoms with van der Waals surface area (Å²) in [5.74, 6) is 0. The highest BCUT2D eigenvalue weighted by Gasteiger charge is 1.98. The zero-order chi connectivity index (χ0) is 6.97. The largest absolute Gasteiger partial charge is 1.00 e. The van der Waals surface area contributed by atoms with Gasteiger partial charge in [-0.2, -0.15) is 0 Å². The Kier molecular flexibility index (Phi) is 2.49. The predicted molar refractivity (Wildman–Crippen MR) is 41.0 cm³/mol. The lowest BCUT2D eigenvalue weighted by molar-refractivity contribution is -0.00000213. The van der Waals surface area contributed by atoms with Gasteiger partial charge >= 0.3 is 0 Å². The van der Waals surface area contributed by atoms with E-state index in [0.29, 0.717) is 6.54 Å². The van der Waals surface area contributed by atoms with Gasteiger partial charge < -0.3 is 18.1 Å². The first-order chi connectivity index (χ1) is 4.90. The van der Waals surface area contributed by atoms with E-state index in [0.717, 1.165) is 10.7 Å². The van der Waals surface area contributed by atoms with Crippen LogP contribution in [0.4, 0.5) is 0 Å². The van der Waals surface area contributed by atoms with Gasteiger partial charge in [0.1, 0.15) is 0 Å². The van der Waals surface area contributed by atoms with Gasteiger partial charge in [0.25, 0.3) is 0 Å². The number of fused-ring (bicyclic) bond motifs is 1. The summed E-state index contributed by atoms with van der Waals surface area (Å²) in [6.07, 6.45) is 3.93. The number of thiazole rings is 1. The van der Waals surface area contributed by atoms with E-state index in [4.69, 9.17) is 5.73 Å². The van der Waals surface area contributed by atoms with Gasteiger partial charge in [-0.1, -0.05) is 0 Å². The monoisotopic (exact) mass is 188 g/mol. The topological polar surface area (TPSA) is 43.3 Å². The lowest BCUT2D eigenvalue weighted by atomic mass is 10.5. The van der Waals surface area contributed by atoms with Crippen LogP contribution in [-0.4, -0.2) is 9.38 Å². The van der Waals surface area contributed by atoms with Crippen molar-refractivity contribution in [2.75, 3.05) is 0 Å². The molecule has 0 spiro atoms. The highest BCUT2D eigenvalue weighted by molar-refractivity contribution is 7.15. The summed E-state index contributed by atoms with van der Waals surface area (Å²) in [5.41, 5.74) is 6.35. The molecule has 2 N–H and O–H groups in total. The molecule has 0 radical (unpaired) electrons. The smallest absolute Gasteiger partial charge is 0.193 e.